The summed E-state index contributed by atoms with van der Waals surface area (Å²) in [5.74, 6) is 0.353. The van der Waals surface area contributed by atoms with Crippen LogP contribution in [0.25, 0.3) is 21.8 Å². The summed E-state index contributed by atoms with van der Waals surface area (Å²) in [5.41, 5.74) is 1.51. The summed E-state index contributed by atoms with van der Waals surface area (Å²) in [6.07, 6.45) is 0. The quantitative estimate of drug-likeness (QED) is 0.445. The second-order valence-electron chi connectivity index (χ2n) is 7.08. The van der Waals surface area contributed by atoms with Crippen molar-refractivity contribution in [3.8, 4) is 33.3 Å². The van der Waals surface area contributed by atoms with Gasteiger partial charge in [-0.3, -0.25) is 18.8 Å². The van der Waals surface area contributed by atoms with Crippen LogP contribution in [0.15, 0.2) is 64.2 Å². The molecule has 2 aromatic carbocycles. The summed E-state index contributed by atoms with van der Waals surface area (Å²) in [6, 6.07) is 15.5. The second-order valence-corrected chi connectivity index (χ2v) is 8.75. The number of benzene rings is 2. The van der Waals surface area contributed by atoms with Crippen molar-refractivity contribution >= 4 is 23.6 Å². The third kappa shape index (κ3) is 3.69. The zero-order valence-corrected chi connectivity index (χ0v) is 19.4. The normalized spacial score (nSPS) is 11.0. The molecule has 32 heavy (non-hydrogen) atoms. The van der Waals surface area contributed by atoms with E-state index in [2.05, 4.69) is 0 Å². The molecule has 2 heterocycles. The number of phenols is 1. The maximum atomic E-state index is 13.3. The number of hydrogen-bond acceptors (Lipinski definition) is 6. The summed E-state index contributed by atoms with van der Waals surface area (Å²) in [5, 5.41) is 9.95. The van der Waals surface area contributed by atoms with Gasteiger partial charge in [-0.2, -0.15) is 0 Å². The predicted molar refractivity (Wildman–Crippen MR) is 128 cm³/mol. The fourth-order valence-electron chi connectivity index (χ4n) is 3.53. The summed E-state index contributed by atoms with van der Waals surface area (Å²) in [4.78, 5) is 27.1. The Bertz CT molecular complexity index is 1450. The Labute approximate surface area is 193 Å². The van der Waals surface area contributed by atoms with E-state index in [-0.39, 0.29) is 21.0 Å². The van der Waals surface area contributed by atoms with Gasteiger partial charge in [0.1, 0.15) is 5.69 Å². The van der Waals surface area contributed by atoms with Crippen molar-refractivity contribution in [2.45, 2.75) is 13.8 Å². The van der Waals surface area contributed by atoms with Crippen molar-refractivity contribution in [2.24, 2.45) is 7.05 Å². The molecular weight excluding hydrogens is 446 g/mol. The highest BCUT2D eigenvalue weighted by atomic mass is 32.1. The Kier molecular flexibility index (Phi) is 5.86. The van der Waals surface area contributed by atoms with Crippen LogP contribution in [0.2, 0.25) is 0 Å². The highest BCUT2D eigenvalue weighted by Gasteiger charge is 2.20. The Balaban J connectivity index is 1.88. The van der Waals surface area contributed by atoms with E-state index in [0.717, 1.165) is 0 Å². The van der Waals surface area contributed by atoms with Gasteiger partial charge in [-0.05, 0) is 62.0 Å². The third-order valence-corrected chi connectivity index (χ3v) is 6.51. The molecule has 0 amide bonds. The molecular formula is C23H21N3O4S2. The Hall–Kier alpha value is -3.43. The van der Waals surface area contributed by atoms with Crippen molar-refractivity contribution < 1.29 is 9.84 Å². The van der Waals surface area contributed by atoms with Gasteiger partial charge in [0.15, 0.2) is 15.5 Å². The Morgan fingerprint density at radius 2 is 1.81 bits per heavy atom. The molecule has 1 N–H and O–H groups in total. The fraction of sp³-hybridized carbons (Fsp3) is 0.174. The molecule has 0 aliphatic rings. The number of aromatic nitrogens is 3. The zero-order chi connectivity index (χ0) is 23.0. The number of para-hydroxylation sites is 1. The lowest BCUT2D eigenvalue weighted by molar-refractivity contribution is 0.318. The maximum Gasteiger partial charge on any atom is 0.296 e. The zero-order valence-electron chi connectivity index (χ0n) is 17.7. The van der Waals surface area contributed by atoms with Gasteiger partial charge in [-0.15, -0.1) is 11.3 Å². The van der Waals surface area contributed by atoms with E-state index < -0.39 is 5.56 Å². The van der Waals surface area contributed by atoms with Crippen molar-refractivity contribution in [2.75, 3.05) is 6.61 Å². The van der Waals surface area contributed by atoms with Gasteiger partial charge in [-0.25, -0.2) is 4.68 Å². The van der Waals surface area contributed by atoms with Crippen LogP contribution in [0.1, 0.15) is 12.6 Å². The van der Waals surface area contributed by atoms with Crippen LogP contribution < -0.4 is 15.9 Å². The van der Waals surface area contributed by atoms with E-state index in [0.29, 0.717) is 34.2 Å². The van der Waals surface area contributed by atoms with Crippen LogP contribution in [-0.4, -0.2) is 25.6 Å². The molecule has 164 valence electrons. The lowest BCUT2D eigenvalue weighted by atomic mass is 10.1. The molecule has 2 aromatic heterocycles. The minimum Gasteiger partial charge on any atom is -0.504 e. The first-order valence-electron chi connectivity index (χ1n) is 9.91. The van der Waals surface area contributed by atoms with E-state index in [1.54, 1.807) is 30.8 Å². The Morgan fingerprint density at radius 3 is 2.47 bits per heavy atom. The fourth-order valence-corrected chi connectivity index (χ4v) is 4.85. The molecule has 9 heteroatoms. The smallest absolute Gasteiger partial charge is 0.296 e. The van der Waals surface area contributed by atoms with Crippen LogP contribution in [0.5, 0.6) is 11.5 Å². The molecule has 0 aliphatic heterocycles. The van der Waals surface area contributed by atoms with Gasteiger partial charge in [0.05, 0.1) is 18.0 Å². The van der Waals surface area contributed by atoms with Crippen LogP contribution in [0.3, 0.4) is 0 Å². The predicted octanol–water partition coefficient (Wildman–Crippen LogP) is 4.20. The van der Waals surface area contributed by atoms with Gasteiger partial charge in [0.2, 0.25) is 0 Å². The van der Waals surface area contributed by atoms with Crippen molar-refractivity contribution in [3.63, 3.8) is 0 Å². The molecule has 0 aliphatic carbocycles. The SMILES string of the molecule is CCOc1cc(-c2cc(=O)n(-c3c(C)n(C)n(-c4ccccc4)c3=O)c(=S)s2)ccc1O. The van der Waals surface area contributed by atoms with Gasteiger partial charge in [0.25, 0.3) is 11.1 Å². The number of aromatic hydroxyl groups is 1. The van der Waals surface area contributed by atoms with E-state index >= 15 is 0 Å². The Morgan fingerprint density at radius 1 is 1.09 bits per heavy atom. The van der Waals surface area contributed by atoms with Crippen molar-refractivity contribution in [3.05, 3.63) is 85.0 Å². The highest BCUT2D eigenvalue weighted by molar-refractivity contribution is 7.73. The lowest BCUT2D eigenvalue weighted by Crippen LogP contribution is -2.26. The molecule has 0 bridgehead atoms. The molecule has 0 spiro atoms. The lowest BCUT2D eigenvalue weighted by Gasteiger charge is -2.09. The first kappa shape index (κ1) is 21.8. The van der Waals surface area contributed by atoms with Gasteiger partial charge in [-0.1, -0.05) is 18.2 Å². The number of nitrogens with zero attached hydrogens (tertiary/aromatic N) is 3. The largest absolute Gasteiger partial charge is 0.504 e. The van der Waals surface area contributed by atoms with E-state index in [1.165, 1.54) is 32.7 Å². The summed E-state index contributed by atoms with van der Waals surface area (Å²) in [7, 11) is 1.77. The summed E-state index contributed by atoms with van der Waals surface area (Å²) in [6.45, 7) is 4.00. The minimum atomic E-state index is -0.402. The number of hydrogen-bond donors (Lipinski definition) is 1. The molecule has 0 saturated heterocycles. The van der Waals surface area contributed by atoms with E-state index in [4.69, 9.17) is 17.0 Å². The van der Waals surface area contributed by atoms with Crippen LogP contribution >= 0.6 is 23.6 Å². The molecule has 0 radical (unpaired) electrons. The molecule has 0 unspecified atom stereocenters. The summed E-state index contributed by atoms with van der Waals surface area (Å²) < 4.78 is 10.2. The van der Waals surface area contributed by atoms with Gasteiger partial charge in [0, 0.05) is 18.0 Å². The topological polar surface area (TPSA) is 78.4 Å². The van der Waals surface area contributed by atoms with Gasteiger partial charge < -0.3 is 9.84 Å². The number of phenolic OH excluding ortho intramolecular Hbond substituents is 1. The monoisotopic (exact) mass is 467 g/mol. The molecule has 4 rings (SSSR count). The van der Waals surface area contributed by atoms with E-state index in [9.17, 15) is 14.7 Å². The maximum absolute atomic E-state index is 13.3. The average molecular weight is 468 g/mol. The first-order chi connectivity index (χ1) is 15.3. The molecule has 0 saturated carbocycles. The average Bonchev–Trinajstić information content (AvgIpc) is 2.99. The van der Waals surface area contributed by atoms with Crippen LogP contribution in [0, 0.1) is 10.9 Å². The minimum absolute atomic E-state index is 0.0221. The van der Waals surface area contributed by atoms with Crippen molar-refractivity contribution in [1.29, 1.82) is 0 Å². The first-order valence-corrected chi connectivity index (χ1v) is 11.1. The number of rotatable bonds is 5. The van der Waals surface area contributed by atoms with Crippen LogP contribution in [0.4, 0.5) is 0 Å². The highest BCUT2D eigenvalue weighted by Crippen LogP contribution is 2.33. The summed E-state index contributed by atoms with van der Waals surface area (Å²) >= 11 is 6.76. The second kappa shape index (κ2) is 8.60. The van der Waals surface area contributed by atoms with Crippen LogP contribution in [-0.2, 0) is 7.05 Å². The molecule has 7 nitrogen and oxygen atoms in total. The van der Waals surface area contributed by atoms with Crippen molar-refractivity contribution in [1.82, 2.24) is 13.9 Å². The van der Waals surface area contributed by atoms with Gasteiger partial charge >= 0.3 is 0 Å². The number of ether oxygens (including phenoxy) is 1. The standard InChI is InChI=1S/C23H21N3O4S2/c1-4-30-18-12-15(10-11-17(18)27)19-13-20(28)25(23(31)32-19)21-14(2)24(3)26(22(21)29)16-8-6-5-7-9-16/h5-13,27H,4H2,1-3H3. The third-order valence-electron chi connectivity index (χ3n) is 5.15. The molecule has 0 atom stereocenters. The molecule has 0 fully saturated rings. The van der Waals surface area contributed by atoms with E-state index in [1.807, 2.05) is 37.3 Å². The molecule has 4 aromatic rings.